The first-order valence-corrected chi connectivity index (χ1v) is 10.4. The molecule has 1 aromatic heterocycles. The summed E-state index contributed by atoms with van der Waals surface area (Å²) in [6.07, 6.45) is 0.943. The van der Waals surface area contributed by atoms with Crippen LogP contribution in [0.4, 0.5) is 0 Å². The van der Waals surface area contributed by atoms with Gasteiger partial charge in [0.1, 0.15) is 29.2 Å². The van der Waals surface area contributed by atoms with Crippen molar-refractivity contribution in [2.75, 3.05) is 0 Å². The highest BCUT2D eigenvalue weighted by molar-refractivity contribution is 5.96. The summed E-state index contributed by atoms with van der Waals surface area (Å²) in [6.45, 7) is 1.98. The van der Waals surface area contributed by atoms with Crippen molar-refractivity contribution in [3.8, 4) is 17.4 Å². The number of rotatable bonds is 3. The number of aromatic nitrogens is 1. The fourth-order valence-corrected chi connectivity index (χ4v) is 4.48. The molecule has 4 aromatic rings. The Kier molecular flexibility index (Phi) is 3.96. The molecule has 152 valence electrons. The normalized spacial score (nSPS) is 18.9. The number of ether oxygens (including phenoxy) is 2. The van der Waals surface area contributed by atoms with Crippen LogP contribution in [0, 0.1) is 6.92 Å². The number of para-hydroxylation sites is 1. The summed E-state index contributed by atoms with van der Waals surface area (Å²) in [7, 11) is 0. The van der Waals surface area contributed by atoms with Gasteiger partial charge in [-0.05, 0) is 47.9 Å². The van der Waals surface area contributed by atoms with E-state index in [-0.39, 0.29) is 17.9 Å². The molecule has 0 unspecified atom stereocenters. The van der Waals surface area contributed by atoms with Crippen LogP contribution in [-0.2, 0) is 11.2 Å². The molecule has 0 saturated heterocycles. The maximum absolute atomic E-state index is 10.2. The number of hydrogen-bond donors (Lipinski definition) is 1. The summed E-state index contributed by atoms with van der Waals surface area (Å²) in [4.78, 5) is 9.36. The molecule has 31 heavy (non-hydrogen) atoms. The molecule has 1 N–H and O–H groups in total. The number of pyridine rings is 1. The Hall–Kier alpha value is -3.86. The number of hydrogen-bond acceptors (Lipinski definition) is 5. The van der Waals surface area contributed by atoms with Crippen LogP contribution in [-0.4, -0.2) is 22.1 Å². The van der Waals surface area contributed by atoms with Gasteiger partial charge in [-0.15, -0.1) is 0 Å². The highest BCUT2D eigenvalue weighted by atomic mass is 16.5. The van der Waals surface area contributed by atoms with E-state index >= 15 is 0 Å². The highest BCUT2D eigenvalue weighted by Gasteiger charge is 2.39. The summed E-state index contributed by atoms with van der Waals surface area (Å²) in [5.74, 6) is 1.86. The Morgan fingerprint density at radius 3 is 2.81 bits per heavy atom. The Labute approximate surface area is 179 Å². The van der Waals surface area contributed by atoms with E-state index in [1.165, 1.54) is 11.1 Å². The van der Waals surface area contributed by atoms with Crippen LogP contribution >= 0.6 is 0 Å². The zero-order valence-corrected chi connectivity index (χ0v) is 16.9. The van der Waals surface area contributed by atoms with Crippen molar-refractivity contribution in [3.63, 3.8) is 0 Å². The van der Waals surface area contributed by atoms with Crippen molar-refractivity contribution in [2.45, 2.75) is 25.5 Å². The predicted octanol–water partition coefficient (Wildman–Crippen LogP) is 5.48. The van der Waals surface area contributed by atoms with Gasteiger partial charge in [0, 0.05) is 23.4 Å². The summed E-state index contributed by atoms with van der Waals surface area (Å²) in [5.41, 5.74) is 4.97. The van der Waals surface area contributed by atoms with Crippen molar-refractivity contribution in [3.05, 3.63) is 95.1 Å². The van der Waals surface area contributed by atoms with E-state index in [1.54, 1.807) is 6.07 Å². The van der Waals surface area contributed by atoms with Crippen LogP contribution in [0.15, 0.2) is 77.8 Å². The largest absolute Gasteiger partial charge is 0.506 e. The lowest BCUT2D eigenvalue weighted by molar-refractivity contribution is 0.206. The van der Waals surface area contributed by atoms with Gasteiger partial charge in [-0.2, -0.15) is 0 Å². The molecule has 0 radical (unpaired) electrons. The number of aromatic hydroxyl groups is 1. The molecular formula is C26H20N2O3. The molecule has 2 atom stereocenters. The zero-order valence-electron chi connectivity index (χ0n) is 16.9. The van der Waals surface area contributed by atoms with Gasteiger partial charge in [0.15, 0.2) is 0 Å². The quantitative estimate of drug-likeness (QED) is 0.487. The van der Waals surface area contributed by atoms with E-state index in [0.717, 1.165) is 22.9 Å². The molecule has 6 rings (SSSR count). The van der Waals surface area contributed by atoms with Crippen molar-refractivity contribution in [2.24, 2.45) is 4.99 Å². The van der Waals surface area contributed by atoms with Crippen LogP contribution in [0.3, 0.4) is 0 Å². The third kappa shape index (κ3) is 3.01. The number of phenolic OH excluding ortho intramolecular Hbond substituents is 1. The second-order valence-corrected chi connectivity index (χ2v) is 8.02. The van der Waals surface area contributed by atoms with Crippen molar-refractivity contribution in [1.82, 2.24) is 4.98 Å². The summed E-state index contributed by atoms with van der Waals surface area (Å²) in [6, 6.07) is 23.4. The molecule has 0 amide bonds. The van der Waals surface area contributed by atoms with Crippen LogP contribution in [0.5, 0.6) is 17.4 Å². The van der Waals surface area contributed by atoms with Gasteiger partial charge in [-0.3, -0.25) is 0 Å². The lowest BCUT2D eigenvalue weighted by atomic mass is 10.1. The van der Waals surface area contributed by atoms with Crippen molar-refractivity contribution < 1.29 is 14.6 Å². The fraction of sp³-hybridized carbons (Fsp3) is 0.154. The number of aryl methyl sites for hydroxylation is 1. The van der Waals surface area contributed by atoms with Crippen molar-refractivity contribution in [1.29, 1.82) is 0 Å². The molecule has 0 bridgehead atoms. The monoisotopic (exact) mass is 408 g/mol. The van der Waals surface area contributed by atoms with Gasteiger partial charge in [-0.25, -0.2) is 9.98 Å². The molecule has 5 heteroatoms. The average Bonchev–Trinajstić information content (AvgIpc) is 3.33. The van der Waals surface area contributed by atoms with E-state index in [2.05, 4.69) is 29.2 Å². The Balaban J connectivity index is 1.30. The number of nitrogens with zero attached hydrogens (tertiary/aromatic N) is 2. The summed E-state index contributed by atoms with van der Waals surface area (Å²) in [5, 5.41) is 11.1. The lowest BCUT2D eigenvalue weighted by Crippen LogP contribution is -2.13. The van der Waals surface area contributed by atoms with Crippen LogP contribution < -0.4 is 4.74 Å². The molecule has 0 saturated carbocycles. The van der Waals surface area contributed by atoms with Crippen LogP contribution in [0.25, 0.3) is 10.9 Å². The first-order valence-electron chi connectivity index (χ1n) is 10.4. The molecule has 1 aliphatic heterocycles. The number of aliphatic imine (C=N–C) groups is 1. The molecule has 3 aromatic carbocycles. The van der Waals surface area contributed by atoms with Gasteiger partial charge in [0.25, 0.3) is 0 Å². The Morgan fingerprint density at radius 1 is 1.00 bits per heavy atom. The topological polar surface area (TPSA) is 63.9 Å². The van der Waals surface area contributed by atoms with E-state index in [9.17, 15) is 5.11 Å². The molecule has 0 spiro atoms. The summed E-state index contributed by atoms with van der Waals surface area (Å²) >= 11 is 0. The smallest absolute Gasteiger partial charge is 0.220 e. The third-order valence-corrected chi connectivity index (χ3v) is 5.97. The van der Waals surface area contributed by atoms with Gasteiger partial charge in [0.05, 0.1) is 0 Å². The standard InChI is InChI=1S/C26H20N2O3/c1-15-12-23(27-24-19(15)10-5-11-21(24)29)30-18-8-4-7-17(13-18)26-28-25-20-9-3-2-6-16(20)14-22(25)31-26/h2-13,22,25,29H,14H2,1H3/t22-,25+/m1/s1. The second-order valence-electron chi connectivity index (χ2n) is 8.02. The minimum absolute atomic E-state index is 0.0588. The maximum Gasteiger partial charge on any atom is 0.220 e. The van der Waals surface area contributed by atoms with E-state index in [4.69, 9.17) is 14.5 Å². The molecule has 1 aliphatic carbocycles. The maximum atomic E-state index is 10.2. The van der Waals surface area contributed by atoms with Crippen LogP contribution in [0.2, 0.25) is 0 Å². The molecule has 0 fully saturated rings. The third-order valence-electron chi connectivity index (χ3n) is 5.97. The van der Waals surface area contributed by atoms with Crippen molar-refractivity contribution >= 4 is 16.8 Å². The lowest BCUT2D eigenvalue weighted by Gasteiger charge is -2.11. The number of fused-ring (bicyclic) bond motifs is 4. The van der Waals surface area contributed by atoms with Gasteiger partial charge in [0.2, 0.25) is 11.8 Å². The minimum atomic E-state index is 0.0588. The first-order chi connectivity index (χ1) is 15.2. The van der Waals surface area contributed by atoms with Gasteiger partial charge in [-0.1, -0.05) is 42.5 Å². The minimum Gasteiger partial charge on any atom is -0.506 e. The fourth-order valence-electron chi connectivity index (χ4n) is 4.48. The first kappa shape index (κ1) is 18.0. The number of phenols is 1. The SMILES string of the molecule is Cc1cc(Oc2cccc(C3=N[C@H]4c5ccccc5C[C@H]4O3)c2)nc2c(O)cccc12. The van der Waals surface area contributed by atoms with Gasteiger partial charge >= 0.3 is 0 Å². The second kappa shape index (κ2) is 6.84. The zero-order chi connectivity index (χ0) is 20.9. The molecule has 5 nitrogen and oxygen atoms in total. The predicted molar refractivity (Wildman–Crippen MR) is 119 cm³/mol. The van der Waals surface area contributed by atoms with Gasteiger partial charge < -0.3 is 14.6 Å². The Bertz CT molecular complexity index is 1360. The van der Waals surface area contributed by atoms with E-state index in [0.29, 0.717) is 23.0 Å². The average molecular weight is 408 g/mol. The van der Waals surface area contributed by atoms with E-state index in [1.807, 2.05) is 49.4 Å². The highest BCUT2D eigenvalue weighted by Crippen LogP contribution is 2.41. The Morgan fingerprint density at radius 2 is 1.87 bits per heavy atom. The van der Waals surface area contributed by atoms with Crippen LogP contribution in [0.1, 0.15) is 28.3 Å². The molecular weight excluding hydrogens is 388 g/mol. The van der Waals surface area contributed by atoms with E-state index < -0.39 is 0 Å². The molecule has 2 heterocycles. The summed E-state index contributed by atoms with van der Waals surface area (Å²) < 4.78 is 12.2. The number of benzene rings is 3. The molecule has 2 aliphatic rings.